The van der Waals surface area contributed by atoms with Crippen LogP contribution in [0.2, 0.25) is 0 Å². The predicted octanol–water partition coefficient (Wildman–Crippen LogP) is 2.10. The lowest BCUT2D eigenvalue weighted by Crippen LogP contribution is -2.25. The van der Waals surface area contributed by atoms with Crippen molar-refractivity contribution in [2.45, 2.75) is 4.83 Å². The Bertz CT molecular complexity index is 324. The Labute approximate surface area is 79.1 Å². The monoisotopic (exact) mass is 223 g/mol. The summed E-state index contributed by atoms with van der Waals surface area (Å²) in [7, 11) is 0. The molecule has 0 saturated heterocycles. The minimum atomic E-state index is -0.326. The molecule has 1 aliphatic heterocycles. The molecule has 2 rings (SSSR count). The lowest BCUT2D eigenvalue weighted by atomic mass is 10.0. The van der Waals surface area contributed by atoms with Gasteiger partial charge in [-0.3, -0.25) is 4.79 Å². The van der Waals surface area contributed by atoms with Gasteiger partial charge in [0.15, 0.2) is 5.78 Å². The number of fused-ring (bicyclic) bond motifs is 1. The van der Waals surface area contributed by atoms with Gasteiger partial charge in [0.05, 0.1) is 0 Å². The number of rotatable bonds is 0. The van der Waals surface area contributed by atoms with Gasteiger partial charge >= 0.3 is 0 Å². The van der Waals surface area contributed by atoms with Crippen LogP contribution in [0.1, 0.15) is 10.4 Å². The van der Waals surface area contributed by atoms with Crippen LogP contribution >= 0.6 is 15.9 Å². The van der Waals surface area contributed by atoms with E-state index < -0.39 is 0 Å². The molecule has 0 bridgehead atoms. The Morgan fingerprint density at radius 2 is 2.17 bits per heavy atom. The Morgan fingerprint density at radius 1 is 1.42 bits per heavy atom. The highest BCUT2D eigenvalue weighted by molar-refractivity contribution is 9.10. The van der Waals surface area contributed by atoms with E-state index in [1.165, 1.54) is 0 Å². The normalized spacial score (nSPS) is 21.4. The SMILES string of the molecule is O=C1c2ccccc2N[C]C1Br. The fraction of sp³-hybridized carbons (Fsp3) is 0.111. The Morgan fingerprint density at radius 3 is 3.00 bits per heavy atom. The maximum absolute atomic E-state index is 11.5. The lowest BCUT2D eigenvalue weighted by Gasteiger charge is -2.19. The van der Waals surface area contributed by atoms with Crippen molar-refractivity contribution >= 4 is 27.4 Å². The molecule has 1 aliphatic rings. The third kappa shape index (κ3) is 1.14. The van der Waals surface area contributed by atoms with Crippen molar-refractivity contribution in [3.8, 4) is 0 Å². The summed E-state index contributed by atoms with van der Waals surface area (Å²) < 4.78 is 0. The molecule has 1 aromatic carbocycles. The topological polar surface area (TPSA) is 29.1 Å². The predicted molar refractivity (Wildman–Crippen MR) is 50.4 cm³/mol. The van der Waals surface area contributed by atoms with Crippen LogP contribution < -0.4 is 5.32 Å². The second kappa shape index (κ2) is 2.90. The zero-order valence-corrected chi connectivity index (χ0v) is 7.76. The summed E-state index contributed by atoms with van der Waals surface area (Å²) in [6, 6.07) is 7.40. The summed E-state index contributed by atoms with van der Waals surface area (Å²) in [5.74, 6) is 0.0596. The van der Waals surface area contributed by atoms with Gasteiger partial charge in [-0.25, -0.2) is 0 Å². The first-order valence-electron chi connectivity index (χ1n) is 3.58. The molecule has 0 saturated carbocycles. The minimum absolute atomic E-state index is 0.0596. The third-order valence-electron chi connectivity index (χ3n) is 1.76. The van der Waals surface area contributed by atoms with Gasteiger partial charge in [0.2, 0.25) is 0 Å². The fourth-order valence-electron chi connectivity index (χ4n) is 1.15. The molecule has 1 unspecified atom stereocenters. The Kier molecular flexibility index (Phi) is 1.89. The summed E-state index contributed by atoms with van der Waals surface area (Å²) in [4.78, 5) is 11.1. The molecule has 0 aromatic heterocycles. The summed E-state index contributed by atoms with van der Waals surface area (Å²) in [6.45, 7) is 2.81. The zero-order chi connectivity index (χ0) is 8.55. The third-order valence-corrected chi connectivity index (χ3v) is 2.40. The molecule has 2 nitrogen and oxygen atoms in total. The van der Waals surface area contributed by atoms with Crippen LogP contribution in [0.15, 0.2) is 24.3 Å². The van der Waals surface area contributed by atoms with Crippen molar-refractivity contribution in [3.63, 3.8) is 0 Å². The molecule has 12 heavy (non-hydrogen) atoms. The summed E-state index contributed by atoms with van der Waals surface area (Å²) in [5.41, 5.74) is 1.55. The van der Waals surface area contributed by atoms with E-state index in [4.69, 9.17) is 0 Å². The lowest BCUT2D eigenvalue weighted by molar-refractivity contribution is 0.0997. The first kappa shape index (κ1) is 7.80. The molecule has 1 N–H and O–H groups in total. The molecule has 1 aromatic rings. The van der Waals surface area contributed by atoms with E-state index in [2.05, 4.69) is 27.8 Å². The van der Waals surface area contributed by atoms with Gasteiger partial charge in [-0.15, -0.1) is 0 Å². The largest absolute Gasteiger partial charge is 0.373 e. The van der Waals surface area contributed by atoms with E-state index in [0.717, 1.165) is 11.3 Å². The van der Waals surface area contributed by atoms with Gasteiger partial charge in [0.25, 0.3) is 0 Å². The summed E-state index contributed by atoms with van der Waals surface area (Å²) in [6.07, 6.45) is 0. The molecule has 3 heteroatoms. The number of hydrogen-bond donors (Lipinski definition) is 1. The van der Waals surface area contributed by atoms with Crippen molar-refractivity contribution in [3.05, 3.63) is 36.4 Å². The van der Waals surface area contributed by atoms with Gasteiger partial charge in [-0.2, -0.15) is 0 Å². The fourth-order valence-corrected chi connectivity index (χ4v) is 1.51. The molecule has 0 spiro atoms. The van der Waals surface area contributed by atoms with E-state index in [1.54, 1.807) is 6.07 Å². The van der Waals surface area contributed by atoms with Crippen LogP contribution in [0.4, 0.5) is 5.69 Å². The molecule has 2 radical (unpaired) electrons. The van der Waals surface area contributed by atoms with E-state index >= 15 is 0 Å². The molecular formula is C9H6BrNO. The van der Waals surface area contributed by atoms with Gasteiger partial charge in [-0.1, -0.05) is 28.1 Å². The van der Waals surface area contributed by atoms with Crippen molar-refractivity contribution in [2.24, 2.45) is 0 Å². The van der Waals surface area contributed by atoms with E-state index in [-0.39, 0.29) is 10.6 Å². The maximum Gasteiger partial charge on any atom is 0.181 e. The highest BCUT2D eigenvalue weighted by Gasteiger charge is 2.24. The smallest absolute Gasteiger partial charge is 0.181 e. The van der Waals surface area contributed by atoms with Crippen LogP contribution in [0, 0.1) is 6.54 Å². The molecular weight excluding hydrogens is 218 g/mol. The number of alkyl halides is 1. The number of anilines is 1. The van der Waals surface area contributed by atoms with Gasteiger partial charge in [-0.05, 0) is 12.1 Å². The number of carbonyl (C=O) groups excluding carboxylic acids is 1. The van der Waals surface area contributed by atoms with Crippen molar-refractivity contribution in [1.82, 2.24) is 0 Å². The van der Waals surface area contributed by atoms with Crippen LogP contribution in [0.25, 0.3) is 0 Å². The number of ketones is 1. The summed E-state index contributed by atoms with van der Waals surface area (Å²) in [5, 5.41) is 2.93. The summed E-state index contributed by atoms with van der Waals surface area (Å²) >= 11 is 3.20. The average Bonchev–Trinajstić information content (AvgIpc) is 2.12. The van der Waals surface area contributed by atoms with E-state index in [1.807, 2.05) is 18.2 Å². The minimum Gasteiger partial charge on any atom is -0.373 e. The highest BCUT2D eigenvalue weighted by Crippen LogP contribution is 2.26. The van der Waals surface area contributed by atoms with Crippen molar-refractivity contribution in [2.75, 3.05) is 5.32 Å². The first-order chi connectivity index (χ1) is 5.79. The first-order valence-corrected chi connectivity index (χ1v) is 4.49. The average molecular weight is 224 g/mol. The number of nitrogens with one attached hydrogen (secondary N) is 1. The number of carbonyl (C=O) groups is 1. The van der Waals surface area contributed by atoms with Crippen molar-refractivity contribution in [1.29, 1.82) is 0 Å². The van der Waals surface area contributed by atoms with E-state index in [0.29, 0.717) is 0 Å². The van der Waals surface area contributed by atoms with Gasteiger partial charge < -0.3 is 5.32 Å². The van der Waals surface area contributed by atoms with Crippen LogP contribution in [-0.2, 0) is 0 Å². The number of benzene rings is 1. The Balaban J connectivity index is 2.49. The molecule has 0 aliphatic carbocycles. The van der Waals surface area contributed by atoms with Crippen LogP contribution in [0.5, 0.6) is 0 Å². The number of para-hydroxylation sites is 1. The molecule has 0 amide bonds. The highest BCUT2D eigenvalue weighted by atomic mass is 79.9. The van der Waals surface area contributed by atoms with Crippen molar-refractivity contribution < 1.29 is 4.79 Å². The maximum atomic E-state index is 11.5. The Hall–Kier alpha value is -0.830. The number of hydrogen-bond acceptors (Lipinski definition) is 2. The second-order valence-electron chi connectivity index (χ2n) is 2.54. The van der Waals surface area contributed by atoms with Gasteiger partial charge in [0.1, 0.15) is 11.4 Å². The standard InChI is InChI=1S/C9H6BrNO/c10-7-5-11-8-4-2-1-3-6(8)9(7)12/h1-4,7,11H. The van der Waals surface area contributed by atoms with Gasteiger partial charge in [0, 0.05) is 11.3 Å². The van der Waals surface area contributed by atoms with Crippen LogP contribution in [0.3, 0.4) is 0 Å². The molecule has 0 fully saturated rings. The number of Topliss-reactive ketones (excluding diaryl/α,β-unsaturated/α-hetero) is 1. The molecule has 60 valence electrons. The quantitative estimate of drug-likeness (QED) is 0.683. The molecule has 1 atom stereocenters. The zero-order valence-electron chi connectivity index (χ0n) is 6.17. The van der Waals surface area contributed by atoms with E-state index in [9.17, 15) is 4.79 Å². The molecule has 1 heterocycles. The second-order valence-corrected chi connectivity index (χ2v) is 3.46. The number of halogens is 1. The van der Waals surface area contributed by atoms with Crippen LogP contribution in [-0.4, -0.2) is 10.6 Å².